The predicted molar refractivity (Wildman–Crippen MR) is 58.3 cm³/mol. The highest BCUT2D eigenvalue weighted by molar-refractivity contribution is 5.05. The molecule has 0 amide bonds. The lowest BCUT2D eigenvalue weighted by Crippen LogP contribution is -2.57. The first-order valence-corrected chi connectivity index (χ1v) is 6.28. The van der Waals surface area contributed by atoms with E-state index in [-0.39, 0.29) is 0 Å². The lowest BCUT2D eigenvalue weighted by Gasteiger charge is -2.44. The molecule has 2 heterocycles. The van der Waals surface area contributed by atoms with Crippen LogP contribution in [0.25, 0.3) is 0 Å². The van der Waals surface area contributed by atoms with Crippen LogP contribution in [0.2, 0.25) is 0 Å². The fraction of sp³-hybridized carbons (Fsp3) is 1.00. The van der Waals surface area contributed by atoms with Gasteiger partial charge < -0.3 is 5.32 Å². The van der Waals surface area contributed by atoms with Crippen molar-refractivity contribution in [3.63, 3.8) is 0 Å². The molecule has 80 valence electrons. The van der Waals surface area contributed by atoms with Gasteiger partial charge in [-0.2, -0.15) is 0 Å². The molecule has 2 aliphatic heterocycles. The molecule has 0 aromatic carbocycles. The molecule has 1 N–H and O–H groups in total. The number of piperidine rings is 1. The van der Waals surface area contributed by atoms with Crippen LogP contribution < -0.4 is 5.32 Å². The molecule has 3 aliphatic rings. The van der Waals surface area contributed by atoms with Crippen molar-refractivity contribution in [2.75, 3.05) is 19.6 Å². The van der Waals surface area contributed by atoms with Crippen molar-refractivity contribution in [3.05, 3.63) is 0 Å². The zero-order chi connectivity index (χ0) is 9.60. The number of likely N-dealkylation sites (tertiary alicyclic amines) is 1. The normalized spacial score (nSPS) is 44.8. The quantitative estimate of drug-likeness (QED) is 0.682. The molecule has 3 fully saturated rings. The molecule has 2 heteroatoms. The smallest absolute Gasteiger partial charge is 0.0340 e. The summed E-state index contributed by atoms with van der Waals surface area (Å²) in [5, 5.41) is 3.64. The van der Waals surface area contributed by atoms with Crippen molar-refractivity contribution in [2.45, 2.75) is 50.6 Å². The van der Waals surface area contributed by atoms with Gasteiger partial charge in [0.2, 0.25) is 0 Å². The van der Waals surface area contributed by atoms with Gasteiger partial charge >= 0.3 is 0 Å². The minimum Gasteiger partial charge on any atom is -0.315 e. The summed E-state index contributed by atoms with van der Waals surface area (Å²) in [5.41, 5.74) is 0.568. The molecule has 1 aliphatic carbocycles. The Labute approximate surface area is 87.0 Å². The second-order valence-corrected chi connectivity index (χ2v) is 5.69. The van der Waals surface area contributed by atoms with Crippen LogP contribution >= 0.6 is 0 Å². The van der Waals surface area contributed by atoms with Crippen LogP contribution in [0.1, 0.15) is 39.0 Å². The van der Waals surface area contributed by atoms with Crippen LogP contribution in [0.4, 0.5) is 0 Å². The van der Waals surface area contributed by atoms with Crippen molar-refractivity contribution in [2.24, 2.45) is 5.92 Å². The highest BCUT2D eigenvalue weighted by atomic mass is 15.3. The molecular weight excluding hydrogens is 172 g/mol. The zero-order valence-corrected chi connectivity index (χ0v) is 9.26. The Morgan fingerprint density at radius 1 is 1.36 bits per heavy atom. The first-order chi connectivity index (χ1) is 6.80. The zero-order valence-electron chi connectivity index (χ0n) is 9.26. The molecule has 0 aromatic rings. The topological polar surface area (TPSA) is 15.3 Å². The number of rotatable bonds is 1. The minimum atomic E-state index is 0.568. The number of hydrogen-bond acceptors (Lipinski definition) is 2. The van der Waals surface area contributed by atoms with E-state index >= 15 is 0 Å². The molecule has 3 rings (SSSR count). The van der Waals surface area contributed by atoms with Gasteiger partial charge in [0.05, 0.1) is 0 Å². The third kappa shape index (κ3) is 1.40. The summed E-state index contributed by atoms with van der Waals surface area (Å²) in [6.07, 6.45) is 7.26. The first kappa shape index (κ1) is 9.17. The highest BCUT2D eigenvalue weighted by Crippen LogP contribution is 2.43. The van der Waals surface area contributed by atoms with Gasteiger partial charge in [-0.3, -0.25) is 4.90 Å². The second-order valence-electron chi connectivity index (χ2n) is 5.69. The van der Waals surface area contributed by atoms with Crippen LogP contribution in [-0.2, 0) is 0 Å². The molecule has 0 aromatic heterocycles. The molecule has 0 radical (unpaired) electrons. The number of nitrogens with zero attached hydrogens (tertiary/aromatic N) is 1. The van der Waals surface area contributed by atoms with Crippen LogP contribution in [0.15, 0.2) is 0 Å². The van der Waals surface area contributed by atoms with Crippen molar-refractivity contribution < 1.29 is 0 Å². The van der Waals surface area contributed by atoms with E-state index in [1.54, 1.807) is 0 Å². The van der Waals surface area contributed by atoms with Gasteiger partial charge in [-0.05, 0) is 51.1 Å². The summed E-state index contributed by atoms with van der Waals surface area (Å²) >= 11 is 0. The van der Waals surface area contributed by atoms with Gasteiger partial charge in [0.1, 0.15) is 0 Å². The fourth-order valence-corrected chi connectivity index (χ4v) is 3.67. The van der Waals surface area contributed by atoms with Gasteiger partial charge in [0.15, 0.2) is 0 Å². The Kier molecular flexibility index (Phi) is 2.10. The molecular formula is C12H22N2. The summed E-state index contributed by atoms with van der Waals surface area (Å²) in [4.78, 5) is 2.84. The summed E-state index contributed by atoms with van der Waals surface area (Å²) in [7, 11) is 0. The third-order valence-electron chi connectivity index (χ3n) is 4.31. The average molecular weight is 194 g/mol. The largest absolute Gasteiger partial charge is 0.315 e. The molecule has 0 bridgehead atoms. The minimum absolute atomic E-state index is 0.568. The Morgan fingerprint density at radius 2 is 2.21 bits per heavy atom. The van der Waals surface area contributed by atoms with E-state index in [1.165, 1.54) is 51.7 Å². The molecule has 2 saturated heterocycles. The van der Waals surface area contributed by atoms with E-state index in [0.717, 1.165) is 12.0 Å². The Morgan fingerprint density at radius 3 is 2.93 bits per heavy atom. The van der Waals surface area contributed by atoms with Crippen LogP contribution in [0.5, 0.6) is 0 Å². The number of nitrogens with one attached hydrogen (secondary N) is 1. The molecule has 1 saturated carbocycles. The third-order valence-corrected chi connectivity index (χ3v) is 4.31. The van der Waals surface area contributed by atoms with Gasteiger partial charge in [-0.1, -0.05) is 6.92 Å². The maximum Gasteiger partial charge on any atom is 0.0340 e. The van der Waals surface area contributed by atoms with E-state index in [2.05, 4.69) is 17.1 Å². The maximum absolute atomic E-state index is 3.64. The Hall–Kier alpha value is -0.0800. The summed E-state index contributed by atoms with van der Waals surface area (Å²) in [6.45, 7) is 6.27. The molecule has 2 nitrogen and oxygen atoms in total. The number of hydrogen-bond donors (Lipinski definition) is 1. The Bertz CT molecular complexity index is 224. The standard InChI is InChI=1S/C12H22N2/c1-10-7-12(9-13-8-10)5-2-6-14(12)11-3-4-11/h10-11,13H,2-9H2,1H3. The molecule has 2 atom stereocenters. The molecule has 14 heavy (non-hydrogen) atoms. The SMILES string of the molecule is CC1CNCC2(CCCN2C2CC2)C1. The lowest BCUT2D eigenvalue weighted by atomic mass is 9.82. The van der Waals surface area contributed by atoms with Crippen LogP contribution in [0, 0.1) is 5.92 Å². The molecule has 2 unspecified atom stereocenters. The van der Waals surface area contributed by atoms with Gasteiger partial charge in [0.25, 0.3) is 0 Å². The fourth-order valence-electron chi connectivity index (χ4n) is 3.67. The second kappa shape index (κ2) is 3.21. The maximum atomic E-state index is 3.64. The van der Waals surface area contributed by atoms with Crippen LogP contribution in [0.3, 0.4) is 0 Å². The average Bonchev–Trinajstić information content (AvgIpc) is 2.91. The van der Waals surface area contributed by atoms with E-state index in [0.29, 0.717) is 5.54 Å². The monoisotopic (exact) mass is 194 g/mol. The summed E-state index contributed by atoms with van der Waals surface area (Å²) in [5.74, 6) is 0.878. The summed E-state index contributed by atoms with van der Waals surface area (Å²) < 4.78 is 0. The highest BCUT2D eigenvalue weighted by Gasteiger charge is 2.48. The predicted octanol–water partition coefficient (Wildman–Crippen LogP) is 1.61. The van der Waals surface area contributed by atoms with E-state index in [1.807, 2.05) is 0 Å². The van der Waals surface area contributed by atoms with Crippen LogP contribution in [-0.4, -0.2) is 36.1 Å². The van der Waals surface area contributed by atoms with Crippen molar-refractivity contribution in [1.82, 2.24) is 10.2 Å². The van der Waals surface area contributed by atoms with E-state index in [4.69, 9.17) is 0 Å². The van der Waals surface area contributed by atoms with Crippen molar-refractivity contribution >= 4 is 0 Å². The van der Waals surface area contributed by atoms with E-state index in [9.17, 15) is 0 Å². The van der Waals surface area contributed by atoms with E-state index < -0.39 is 0 Å². The van der Waals surface area contributed by atoms with Gasteiger partial charge in [0, 0.05) is 18.1 Å². The van der Waals surface area contributed by atoms with Crippen molar-refractivity contribution in [3.8, 4) is 0 Å². The van der Waals surface area contributed by atoms with Gasteiger partial charge in [-0.25, -0.2) is 0 Å². The lowest BCUT2D eigenvalue weighted by molar-refractivity contribution is 0.0773. The van der Waals surface area contributed by atoms with Gasteiger partial charge in [-0.15, -0.1) is 0 Å². The van der Waals surface area contributed by atoms with Crippen molar-refractivity contribution in [1.29, 1.82) is 0 Å². The Balaban J connectivity index is 1.78. The first-order valence-electron chi connectivity index (χ1n) is 6.28. The summed E-state index contributed by atoms with van der Waals surface area (Å²) in [6, 6.07) is 0.963. The molecule has 1 spiro atoms.